The molecule has 2 atom stereocenters. The smallest absolute Gasteiger partial charge is 0.118 e. The van der Waals surface area contributed by atoms with Crippen molar-refractivity contribution in [3.8, 4) is 5.75 Å². The number of hydrogen-bond donors (Lipinski definition) is 1. The van der Waals surface area contributed by atoms with Crippen molar-refractivity contribution >= 4 is 0 Å². The maximum Gasteiger partial charge on any atom is 0.118 e. The molecule has 0 amide bonds. The number of hydrogen-bond acceptors (Lipinski definition) is 2. The molecule has 0 fully saturated rings. The lowest BCUT2D eigenvalue weighted by Crippen LogP contribution is -2.30. The molecule has 0 saturated heterocycles. The van der Waals surface area contributed by atoms with Crippen molar-refractivity contribution in [1.29, 1.82) is 0 Å². The second-order valence-electron chi connectivity index (χ2n) is 4.56. The van der Waals surface area contributed by atoms with Crippen molar-refractivity contribution in [2.45, 2.75) is 52.1 Å². The lowest BCUT2D eigenvalue weighted by molar-refractivity contribution is 0.410. The third-order valence-electron chi connectivity index (χ3n) is 3.23. The summed E-state index contributed by atoms with van der Waals surface area (Å²) < 4.78 is 5.17. The molecule has 1 N–H and O–H groups in total. The molecule has 0 bridgehead atoms. The van der Waals surface area contributed by atoms with E-state index in [9.17, 15) is 0 Å². The van der Waals surface area contributed by atoms with E-state index < -0.39 is 0 Å². The van der Waals surface area contributed by atoms with Crippen LogP contribution in [0.3, 0.4) is 0 Å². The Morgan fingerprint density at radius 3 is 2.29 bits per heavy atom. The van der Waals surface area contributed by atoms with E-state index in [1.54, 1.807) is 7.11 Å². The summed E-state index contributed by atoms with van der Waals surface area (Å²) in [6.07, 6.45) is 3.67. The van der Waals surface area contributed by atoms with Gasteiger partial charge >= 0.3 is 0 Å². The minimum Gasteiger partial charge on any atom is -0.497 e. The van der Waals surface area contributed by atoms with Gasteiger partial charge < -0.3 is 10.1 Å². The first kappa shape index (κ1) is 14.0. The average molecular weight is 235 g/mol. The minimum atomic E-state index is 0.400. The molecule has 0 heterocycles. The van der Waals surface area contributed by atoms with Gasteiger partial charge in [0.15, 0.2) is 0 Å². The quantitative estimate of drug-likeness (QED) is 0.773. The molecule has 1 aromatic carbocycles. The van der Waals surface area contributed by atoms with E-state index >= 15 is 0 Å². The molecule has 0 radical (unpaired) electrons. The van der Waals surface area contributed by atoms with E-state index in [1.807, 2.05) is 12.1 Å². The van der Waals surface area contributed by atoms with Crippen LogP contribution in [0.15, 0.2) is 24.3 Å². The Morgan fingerprint density at radius 1 is 1.18 bits per heavy atom. The number of ether oxygens (including phenoxy) is 1. The maximum absolute atomic E-state index is 5.17. The van der Waals surface area contributed by atoms with Crippen LogP contribution in [0.1, 0.15) is 51.6 Å². The summed E-state index contributed by atoms with van der Waals surface area (Å²) in [4.78, 5) is 0. The largest absolute Gasteiger partial charge is 0.497 e. The summed E-state index contributed by atoms with van der Waals surface area (Å²) in [6, 6.07) is 9.34. The van der Waals surface area contributed by atoms with Gasteiger partial charge in [0.05, 0.1) is 7.11 Å². The van der Waals surface area contributed by atoms with Crippen molar-refractivity contribution in [3.63, 3.8) is 0 Å². The highest BCUT2D eigenvalue weighted by Gasteiger charge is 2.10. The first-order chi connectivity index (χ1) is 8.21. The lowest BCUT2D eigenvalue weighted by atomic mass is 10.0. The van der Waals surface area contributed by atoms with Crippen LogP contribution < -0.4 is 10.1 Å². The predicted octanol–water partition coefficient (Wildman–Crippen LogP) is 3.92. The van der Waals surface area contributed by atoms with Gasteiger partial charge in [0.25, 0.3) is 0 Å². The fourth-order valence-corrected chi connectivity index (χ4v) is 2.10. The molecule has 1 aromatic rings. The highest BCUT2D eigenvalue weighted by Crippen LogP contribution is 2.18. The predicted molar refractivity (Wildman–Crippen MR) is 73.5 cm³/mol. The van der Waals surface area contributed by atoms with E-state index in [1.165, 1.54) is 24.8 Å². The van der Waals surface area contributed by atoms with Crippen LogP contribution in [-0.2, 0) is 0 Å². The highest BCUT2D eigenvalue weighted by atomic mass is 16.5. The molecule has 1 rings (SSSR count). The van der Waals surface area contributed by atoms with Gasteiger partial charge in [-0.25, -0.2) is 0 Å². The van der Waals surface area contributed by atoms with Crippen LogP contribution >= 0.6 is 0 Å². The molecule has 0 saturated carbocycles. The Kier molecular flexibility index (Phi) is 6.06. The molecule has 2 nitrogen and oxygen atoms in total. The summed E-state index contributed by atoms with van der Waals surface area (Å²) in [5, 5.41) is 3.68. The lowest BCUT2D eigenvalue weighted by Gasteiger charge is -2.22. The zero-order chi connectivity index (χ0) is 12.7. The minimum absolute atomic E-state index is 0.400. The monoisotopic (exact) mass is 235 g/mol. The van der Waals surface area contributed by atoms with Gasteiger partial charge in [0, 0.05) is 12.1 Å². The van der Waals surface area contributed by atoms with Gasteiger partial charge in [-0.15, -0.1) is 0 Å². The number of methoxy groups -OCH3 is 1. The van der Waals surface area contributed by atoms with Gasteiger partial charge in [-0.05, 0) is 37.5 Å². The Morgan fingerprint density at radius 2 is 1.82 bits per heavy atom. The van der Waals surface area contributed by atoms with Crippen molar-refractivity contribution in [2.24, 2.45) is 0 Å². The van der Waals surface area contributed by atoms with E-state index in [-0.39, 0.29) is 0 Å². The Balaban J connectivity index is 2.58. The molecular weight excluding hydrogens is 210 g/mol. The third-order valence-corrected chi connectivity index (χ3v) is 3.23. The van der Waals surface area contributed by atoms with Crippen LogP contribution in [0.2, 0.25) is 0 Å². The zero-order valence-electron chi connectivity index (χ0n) is 11.5. The molecular formula is C15H25NO. The second kappa shape index (κ2) is 7.33. The summed E-state index contributed by atoms with van der Waals surface area (Å²) in [6.45, 7) is 6.70. The zero-order valence-corrected chi connectivity index (χ0v) is 11.5. The van der Waals surface area contributed by atoms with Gasteiger partial charge in [-0.1, -0.05) is 32.4 Å². The number of benzene rings is 1. The van der Waals surface area contributed by atoms with Crippen LogP contribution in [0.25, 0.3) is 0 Å². The Bertz CT molecular complexity index is 307. The van der Waals surface area contributed by atoms with Crippen molar-refractivity contribution in [1.82, 2.24) is 5.32 Å². The summed E-state index contributed by atoms with van der Waals surface area (Å²) in [5.74, 6) is 0.918. The third kappa shape index (κ3) is 4.39. The van der Waals surface area contributed by atoms with Gasteiger partial charge in [-0.3, -0.25) is 0 Å². The molecule has 96 valence electrons. The first-order valence-corrected chi connectivity index (χ1v) is 6.61. The molecule has 17 heavy (non-hydrogen) atoms. The van der Waals surface area contributed by atoms with Gasteiger partial charge in [-0.2, -0.15) is 0 Å². The molecule has 0 aliphatic carbocycles. The van der Waals surface area contributed by atoms with Crippen LogP contribution in [0.4, 0.5) is 0 Å². The van der Waals surface area contributed by atoms with Crippen LogP contribution in [-0.4, -0.2) is 13.2 Å². The molecule has 0 aliphatic heterocycles. The maximum atomic E-state index is 5.17. The normalized spacial score (nSPS) is 14.4. The van der Waals surface area contributed by atoms with E-state index in [2.05, 4.69) is 38.2 Å². The van der Waals surface area contributed by atoms with E-state index in [4.69, 9.17) is 4.74 Å². The standard InChI is InChI=1S/C15H25NO/c1-5-7-14(6-2)16-12(3)13-8-10-15(17-4)11-9-13/h8-12,14,16H,5-7H2,1-4H3. The van der Waals surface area contributed by atoms with Gasteiger partial charge in [0.2, 0.25) is 0 Å². The Hall–Kier alpha value is -1.02. The number of nitrogens with one attached hydrogen (secondary N) is 1. The van der Waals surface area contributed by atoms with Crippen molar-refractivity contribution in [2.75, 3.05) is 7.11 Å². The topological polar surface area (TPSA) is 21.3 Å². The summed E-state index contributed by atoms with van der Waals surface area (Å²) in [5.41, 5.74) is 1.32. The highest BCUT2D eigenvalue weighted by molar-refractivity contribution is 5.28. The molecule has 0 aliphatic rings. The summed E-state index contributed by atoms with van der Waals surface area (Å²) in [7, 11) is 1.70. The average Bonchev–Trinajstić information content (AvgIpc) is 2.38. The fourth-order valence-electron chi connectivity index (χ4n) is 2.10. The SMILES string of the molecule is CCCC(CC)NC(C)c1ccc(OC)cc1. The second-order valence-corrected chi connectivity index (χ2v) is 4.56. The van der Waals surface area contributed by atoms with Gasteiger partial charge in [0.1, 0.15) is 5.75 Å². The van der Waals surface area contributed by atoms with E-state index in [0.717, 1.165) is 5.75 Å². The van der Waals surface area contributed by atoms with Crippen molar-refractivity contribution in [3.05, 3.63) is 29.8 Å². The van der Waals surface area contributed by atoms with Crippen LogP contribution in [0.5, 0.6) is 5.75 Å². The first-order valence-electron chi connectivity index (χ1n) is 6.61. The molecule has 2 unspecified atom stereocenters. The molecule has 2 heteroatoms. The Labute approximate surface area is 105 Å². The molecule has 0 spiro atoms. The van der Waals surface area contributed by atoms with Crippen molar-refractivity contribution < 1.29 is 4.74 Å². The molecule has 0 aromatic heterocycles. The van der Waals surface area contributed by atoms with Crippen LogP contribution in [0, 0.1) is 0 Å². The fraction of sp³-hybridized carbons (Fsp3) is 0.600. The summed E-state index contributed by atoms with van der Waals surface area (Å²) >= 11 is 0. The van der Waals surface area contributed by atoms with E-state index in [0.29, 0.717) is 12.1 Å². The number of rotatable bonds is 7.